The molecule has 1 aromatic heterocycles. The lowest BCUT2D eigenvalue weighted by Gasteiger charge is -2.20. The summed E-state index contributed by atoms with van der Waals surface area (Å²) in [5.74, 6) is 0.832. The van der Waals surface area contributed by atoms with Crippen LogP contribution in [0.3, 0.4) is 0 Å². The van der Waals surface area contributed by atoms with E-state index < -0.39 is 5.97 Å². The molecule has 1 N–H and O–H groups in total. The van der Waals surface area contributed by atoms with Crippen LogP contribution in [0.5, 0.6) is 0 Å². The Hall–Kier alpha value is -1.11. The molecular formula is C8H12N4O2S. The van der Waals surface area contributed by atoms with Gasteiger partial charge in [-0.2, -0.15) is 0 Å². The predicted octanol–water partition coefficient (Wildman–Crippen LogP) is 0.500. The Morgan fingerprint density at radius 3 is 3.13 bits per heavy atom. The standard InChI is InChI=1S/C8H12N4O2S/c1-8(3-2-4-15-8)7-9-10-11-12(7)5-6(13)14/h2-5H2,1H3,(H,13,14). The molecule has 1 atom stereocenters. The largest absolute Gasteiger partial charge is 0.480 e. The number of thioether (sulfide) groups is 1. The molecule has 15 heavy (non-hydrogen) atoms. The van der Waals surface area contributed by atoms with Crippen molar-refractivity contribution in [2.75, 3.05) is 5.75 Å². The molecule has 0 aliphatic carbocycles. The first-order chi connectivity index (χ1) is 7.12. The van der Waals surface area contributed by atoms with Gasteiger partial charge in [-0.25, -0.2) is 4.68 Å². The number of carbonyl (C=O) groups is 1. The van der Waals surface area contributed by atoms with Gasteiger partial charge in [-0.15, -0.1) is 16.9 Å². The molecule has 6 nitrogen and oxygen atoms in total. The highest BCUT2D eigenvalue weighted by Crippen LogP contribution is 2.44. The third kappa shape index (κ3) is 1.97. The molecule has 2 heterocycles. The first-order valence-corrected chi connectivity index (χ1v) is 5.73. The predicted molar refractivity (Wildman–Crippen MR) is 54.5 cm³/mol. The van der Waals surface area contributed by atoms with E-state index in [4.69, 9.17) is 5.11 Å². The minimum absolute atomic E-state index is 0.126. The summed E-state index contributed by atoms with van der Waals surface area (Å²) in [5, 5.41) is 19.9. The van der Waals surface area contributed by atoms with Crippen molar-refractivity contribution in [1.82, 2.24) is 20.2 Å². The monoisotopic (exact) mass is 228 g/mol. The summed E-state index contributed by atoms with van der Waals surface area (Å²) < 4.78 is 1.25. The molecule has 1 saturated heterocycles. The number of rotatable bonds is 3. The van der Waals surface area contributed by atoms with Crippen LogP contribution >= 0.6 is 11.8 Å². The Kier molecular flexibility index (Phi) is 2.64. The Balaban J connectivity index is 2.27. The highest BCUT2D eigenvalue weighted by Gasteiger charge is 2.36. The maximum absolute atomic E-state index is 10.6. The molecule has 1 aliphatic rings. The summed E-state index contributed by atoms with van der Waals surface area (Å²) in [5.41, 5.74) is 0. The van der Waals surface area contributed by atoms with E-state index in [9.17, 15) is 4.79 Å². The molecule has 1 aliphatic heterocycles. The summed E-state index contributed by atoms with van der Waals surface area (Å²) in [7, 11) is 0. The Morgan fingerprint density at radius 1 is 1.73 bits per heavy atom. The number of aliphatic carboxylic acids is 1. The Labute approximate surface area is 91.0 Å². The third-order valence-electron chi connectivity index (χ3n) is 2.51. The van der Waals surface area contributed by atoms with Crippen LogP contribution in [0.2, 0.25) is 0 Å². The van der Waals surface area contributed by atoms with Gasteiger partial charge in [0.05, 0.1) is 4.75 Å². The van der Waals surface area contributed by atoms with Gasteiger partial charge in [-0.1, -0.05) is 0 Å². The number of carboxylic acid groups (broad SMARTS) is 1. The van der Waals surface area contributed by atoms with Gasteiger partial charge in [0.15, 0.2) is 5.82 Å². The number of carboxylic acids is 1. The van der Waals surface area contributed by atoms with E-state index in [1.807, 2.05) is 0 Å². The highest BCUT2D eigenvalue weighted by molar-refractivity contribution is 8.00. The number of hydrogen-bond acceptors (Lipinski definition) is 5. The molecule has 0 bridgehead atoms. The van der Waals surface area contributed by atoms with E-state index in [0.29, 0.717) is 5.82 Å². The molecule has 0 amide bonds. The van der Waals surface area contributed by atoms with E-state index in [1.54, 1.807) is 11.8 Å². The van der Waals surface area contributed by atoms with E-state index in [1.165, 1.54) is 4.68 Å². The molecular weight excluding hydrogens is 216 g/mol. The number of hydrogen-bond donors (Lipinski definition) is 1. The van der Waals surface area contributed by atoms with E-state index in [-0.39, 0.29) is 11.3 Å². The second-order valence-corrected chi connectivity index (χ2v) is 5.33. The molecule has 82 valence electrons. The lowest BCUT2D eigenvalue weighted by molar-refractivity contribution is -0.138. The van der Waals surface area contributed by atoms with Crippen LogP contribution in [0.15, 0.2) is 0 Å². The fourth-order valence-electron chi connectivity index (χ4n) is 1.77. The van der Waals surface area contributed by atoms with Crippen LogP contribution in [0.1, 0.15) is 25.6 Å². The van der Waals surface area contributed by atoms with Crippen LogP contribution in [-0.2, 0) is 16.1 Å². The van der Waals surface area contributed by atoms with Crippen molar-refractivity contribution in [2.45, 2.75) is 31.1 Å². The van der Waals surface area contributed by atoms with E-state index in [2.05, 4.69) is 22.4 Å². The van der Waals surface area contributed by atoms with Gasteiger partial charge in [0.2, 0.25) is 0 Å². The van der Waals surface area contributed by atoms with Crippen molar-refractivity contribution in [3.05, 3.63) is 5.82 Å². The van der Waals surface area contributed by atoms with Gasteiger partial charge in [0.25, 0.3) is 0 Å². The SMILES string of the molecule is CC1(c2nnnn2CC(=O)O)CCCS1. The summed E-state index contributed by atoms with van der Waals surface area (Å²) in [6.07, 6.45) is 2.12. The number of nitrogens with zero attached hydrogens (tertiary/aromatic N) is 4. The molecule has 0 spiro atoms. The van der Waals surface area contributed by atoms with Crippen LogP contribution in [0.4, 0.5) is 0 Å². The normalized spacial score (nSPS) is 25.7. The summed E-state index contributed by atoms with van der Waals surface area (Å²) >= 11 is 1.79. The van der Waals surface area contributed by atoms with Crippen molar-refractivity contribution in [3.63, 3.8) is 0 Å². The number of aromatic nitrogens is 4. The molecule has 0 radical (unpaired) electrons. The van der Waals surface area contributed by atoms with E-state index in [0.717, 1.165) is 18.6 Å². The molecule has 2 rings (SSSR count). The topological polar surface area (TPSA) is 80.9 Å². The summed E-state index contributed by atoms with van der Waals surface area (Å²) in [6, 6.07) is 0. The molecule has 0 saturated carbocycles. The highest BCUT2D eigenvalue weighted by atomic mass is 32.2. The Bertz CT molecular complexity index is 372. The second-order valence-electron chi connectivity index (χ2n) is 3.74. The molecule has 1 aromatic rings. The maximum Gasteiger partial charge on any atom is 0.325 e. The first-order valence-electron chi connectivity index (χ1n) is 4.74. The zero-order chi connectivity index (χ0) is 10.9. The molecule has 1 unspecified atom stereocenters. The van der Waals surface area contributed by atoms with Crippen molar-refractivity contribution < 1.29 is 9.90 Å². The molecule has 7 heteroatoms. The number of tetrazole rings is 1. The minimum atomic E-state index is -0.921. The lowest BCUT2D eigenvalue weighted by atomic mass is 10.1. The smallest absolute Gasteiger partial charge is 0.325 e. The van der Waals surface area contributed by atoms with Gasteiger partial charge in [-0.05, 0) is 35.9 Å². The molecule has 0 aromatic carbocycles. The fourth-order valence-corrected chi connectivity index (χ4v) is 3.08. The van der Waals surface area contributed by atoms with Crippen molar-refractivity contribution in [1.29, 1.82) is 0 Å². The summed E-state index contributed by atoms with van der Waals surface area (Å²) in [4.78, 5) is 10.6. The van der Waals surface area contributed by atoms with Crippen LogP contribution < -0.4 is 0 Å². The van der Waals surface area contributed by atoms with Gasteiger partial charge in [0, 0.05) is 0 Å². The minimum Gasteiger partial charge on any atom is -0.480 e. The van der Waals surface area contributed by atoms with Gasteiger partial charge < -0.3 is 5.11 Å². The average molecular weight is 228 g/mol. The second kappa shape index (κ2) is 3.80. The average Bonchev–Trinajstić information content (AvgIpc) is 2.73. The van der Waals surface area contributed by atoms with Crippen molar-refractivity contribution in [3.8, 4) is 0 Å². The quantitative estimate of drug-likeness (QED) is 0.811. The van der Waals surface area contributed by atoms with Crippen molar-refractivity contribution in [2.24, 2.45) is 0 Å². The first kappa shape index (κ1) is 10.4. The van der Waals surface area contributed by atoms with Crippen molar-refractivity contribution >= 4 is 17.7 Å². The molecule has 1 fully saturated rings. The zero-order valence-corrected chi connectivity index (χ0v) is 9.20. The summed E-state index contributed by atoms with van der Waals surface area (Å²) in [6.45, 7) is 1.90. The fraction of sp³-hybridized carbons (Fsp3) is 0.750. The van der Waals surface area contributed by atoms with Gasteiger partial charge in [0.1, 0.15) is 6.54 Å². The Morgan fingerprint density at radius 2 is 2.53 bits per heavy atom. The van der Waals surface area contributed by atoms with Gasteiger partial charge in [-0.3, -0.25) is 4.79 Å². The van der Waals surface area contributed by atoms with Crippen LogP contribution in [-0.4, -0.2) is 37.0 Å². The zero-order valence-electron chi connectivity index (χ0n) is 8.38. The third-order valence-corrected chi connectivity index (χ3v) is 4.03. The van der Waals surface area contributed by atoms with E-state index >= 15 is 0 Å². The van der Waals surface area contributed by atoms with Crippen LogP contribution in [0.25, 0.3) is 0 Å². The lowest BCUT2D eigenvalue weighted by Crippen LogP contribution is -2.23. The van der Waals surface area contributed by atoms with Gasteiger partial charge >= 0.3 is 5.97 Å². The van der Waals surface area contributed by atoms with Crippen LogP contribution in [0, 0.1) is 0 Å². The maximum atomic E-state index is 10.6.